The zero-order valence-corrected chi connectivity index (χ0v) is 18.5. The van der Waals surface area contributed by atoms with Crippen LogP contribution in [0.4, 0.5) is 10.1 Å². The summed E-state index contributed by atoms with van der Waals surface area (Å²) in [6.45, 7) is 0. The number of thioether (sulfide) groups is 1. The smallest absolute Gasteiger partial charge is 0.234 e. The molecule has 4 rings (SSSR count). The van der Waals surface area contributed by atoms with Gasteiger partial charge in [0.05, 0.1) is 18.6 Å². The molecule has 1 aromatic heterocycles. The molecule has 0 radical (unpaired) electrons. The van der Waals surface area contributed by atoms with Gasteiger partial charge < -0.3 is 10.1 Å². The Kier molecular flexibility index (Phi) is 6.72. The van der Waals surface area contributed by atoms with Crippen molar-refractivity contribution < 1.29 is 13.9 Å². The summed E-state index contributed by atoms with van der Waals surface area (Å²) in [6.07, 6.45) is 0. The summed E-state index contributed by atoms with van der Waals surface area (Å²) >= 11 is 6.96. The fourth-order valence-electron chi connectivity index (χ4n) is 3.01. The first-order valence-electron chi connectivity index (χ1n) is 9.58. The predicted octanol–water partition coefficient (Wildman–Crippen LogP) is 5.47. The lowest BCUT2D eigenvalue weighted by Gasteiger charge is -2.11. The van der Waals surface area contributed by atoms with Gasteiger partial charge in [-0.3, -0.25) is 9.36 Å². The van der Waals surface area contributed by atoms with Crippen molar-refractivity contribution in [2.24, 2.45) is 0 Å². The molecule has 0 saturated heterocycles. The normalized spacial score (nSPS) is 10.7. The predicted molar refractivity (Wildman–Crippen MR) is 124 cm³/mol. The van der Waals surface area contributed by atoms with Gasteiger partial charge in [0.1, 0.15) is 11.6 Å². The second kappa shape index (κ2) is 9.84. The second-order valence-electron chi connectivity index (χ2n) is 6.67. The Hall–Kier alpha value is -3.36. The van der Waals surface area contributed by atoms with Crippen molar-refractivity contribution in [2.45, 2.75) is 5.16 Å². The highest BCUT2D eigenvalue weighted by atomic mass is 35.5. The van der Waals surface area contributed by atoms with Crippen LogP contribution in [0.3, 0.4) is 0 Å². The van der Waals surface area contributed by atoms with Crippen LogP contribution >= 0.6 is 23.4 Å². The van der Waals surface area contributed by atoms with Gasteiger partial charge in [-0.2, -0.15) is 0 Å². The number of anilines is 1. The lowest BCUT2D eigenvalue weighted by Crippen LogP contribution is -2.15. The van der Waals surface area contributed by atoms with Crippen LogP contribution in [0.15, 0.2) is 78.0 Å². The Morgan fingerprint density at radius 2 is 1.84 bits per heavy atom. The molecule has 0 aliphatic rings. The summed E-state index contributed by atoms with van der Waals surface area (Å²) in [5.74, 6) is 0.427. The molecule has 0 spiro atoms. The van der Waals surface area contributed by atoms with Crippen LogP contribution in [-0.2, 0) is 4.79 Å². The van der Waals surface area contributed by atoms with Crippen molar-refractivity contribution in [1.82, 2.24) is 14.8 Å². The molecule has 1 amide bonds. The van der Waals surface area contributed by atoms with E-state index in [0.717, 1.165) is 23.1 Å². The highest BCUT2D eigenvalue weighted by Gasteiger charge is 2.18. The number of carbonyl (C=O) groups is 1. The molecule has 4 aromatic rings. The maximum absolute atomic E-state index is 14.0. The average molecular weight is 469 g/mol. The molecular weight excluding hydrogens is 451 g/mol. The van der Waals surface area contributed by atoms with E-state index < -0.39 is 5.82 Å². The van der Waals surface area contributed by atoms with Crippen LogP contribution in [0.5, 0.6) is 5.75 Å². The zero-order valence-electron chi connectivity index (χ0n) is 17.0. The van der Waals surface area contributed by atoms with E-state index in [1.807, 2.05) is 59.2 Å². The van der Waals surface area contributed by atoms with E-state index in [4.69, 9.17) is 16.3 Å². The van der Waals surface area contributed by atoms with E-state index in [0.29, 0.717) is 11.0 Å². The molecule has 1 N–H and O–H groups in total. The summed E-state index contributed by atoms with van der Waals surface area (Å²) in [4.78, 5) is 12.4. The Balaban J connectivity index is 1.58. The number of ether oxygens (including phenoxy) is 1. The van der Waals surface area contributed by atoms with Crippen LogP contribution in [0.1, 0.15) is 0 Å². The lowest BCUT2D eigenvalue weighted by atomic mass is 10.2. The first-order valence-corrected chi connectivity index (χ1v) is 10.9. The molecule has 0 aliphatic heterocycles. The average Bonchev–Trinajstić information content (AvgIpc) is 3.24. The number of methoxy groups -OCH3 is 1. The van der Waals surface area contributed by atoms with E-state index in [1.54, 1.807) is 7.11 Å². The number of para-hydroxylation sites is 1. The van der Waals surface area contributed by atoms with Gasteiger partial charge in [0, 0.05) is 16.3 Å². The van der Waals surface area contributed by atoms with E-state index in [9.17, 15) is 9.18 Å². The molecule has 6 nitrogen and oxygen atoms in total. The van der Waals surface area contributed by atoms with Crippen LogP contribution in [-0.4, -0.2) is 33.5 Å². The van der Waals surface area contributed by atoms with Crippen LogP contribution in [0, 0.1) is 5.82 Å². The molecule has 0 fully saturated rings. The van der Waals surface area contributed by atoms with Gasteiger partial charge >= 0.3 is 0 Å². The summed E-state index contributed by atoms with van der Waals surface area (Å²) in [7, 11) is 1.61. The number of benzene rings is 3. The maximum atomic E-state index is 14.0. The highest BCUT2D eigenvalue weighted by molar-refractivity contribution is 7.99. The Morgan fingerprint density at radius 3 is 2.53 bits per heavy atom. The number of aromatic nitrogens is 3. The van der Waals surface area contributed by atoms with Gasteiger partial charge in [0.2, 0.25) is 5.91 Å². The first-order chi connectivity index (χ1) is 15.5. The fourth-order valence-corrected chi connectivity index (χ4v) is 3.92. The molecule has 162 valence electrons. The number of nitrogens with one attached hydrogen (secondary N) is 1. The van der Waals surface area contributed by atoms with Crippen LogP contribution < -0.4 is 10.1 Å². The Labute approximate surface area is 193 Å². The Bertz CT molecular complexity index is 1230. The molecule has 0 saturated carbocycles. The van der Waals surface area contributed by atoms with Crippen molar-refractivity contribution in [1.29, 1.82) is 0 Å². The van der Waals surface area contributed by atoms with Crippen molar-refractivity contribution in [3.05, 3.63) is 83.6 Å². The molecule has 32 heavy (non-hydrogen) atoms. The van der Waals surface area contributed by atoms with Crippen molar-refractivity contribution in [3.63, 3.8) is 0 Å². The summed E-state index contributed by atoms with van der Waals surface area (Å²) in [5.41, 5.74) is 1.78. The first kappa shape index (κ1) is 21.9. The molecule has 0 bridgehead atoms. The van der Waals surface area contributed by atoms with Gasteiger partial charge in [0.15, 0.2) is 11.0 Å². The maximum Gasteiger partial charge on any atom is 0.234 e. The third kappa shape index (κ3) is 4.92. The monoisotopic (exact) mass is 468 g/mol. The molecule has 1 heterocycles. The lowest BCUT2D eigenvalue weighted by molar-refractivity contribution is -0.113. The number of hydrogen-bond acceptors (Lipinski definition) is 5. The summed E-state index contributed by atoms with van der Waals surface area (Å²) in [5, 5.41) is 12.0. The molecule has 0 aliphatic carbocycles. The van der Waals surface area contributed by atoms with Gasteiger partial charge in [-0.15, -0.1) is 10.2 Å². The van der Waals surface area contributed by atoms with Crippen molar-refractivity contribution in [3.8, 4) is 22.8 Å². The van der Waals surface area contributed by atoms with E-state index in [1.165, 1.54) is 23.9 Å². The third-order valence-electron chi connectivity index (χ3n) is 4.53. The van der Waals surface area contributed by atoms with Crippen molar-refractivity contribution >= 4 is 35.0 Å². The van der Waals surface area contributed by atoms with Gasteiger partial charge in [0.25, 0.3) is 0 Å². The summed E-state index contributed by atoms with van der Waals surface area (Å²) in [6, 6.07) is 21.2. The Morgan fingerprint density at radius 1 is 1.09 bits per heavy atom. The number of carbonyl (C=O) groups excluding carboxylic acids is 1. The van der Waals surface area contributed by atoms with Gasteiger partial charge in [-0.25, -0.2) is 4.39 Å². The van der Waals surface area contributed by atoms with Gasteiger partial charge in [-0.1, -0.05) is 41.6 Å². The van der Waals surface area contributed by atoms with Crippen LogP contribution in [0.2, 0.25) is 5.02 Å². The van der Waals surface area contributed by atoms with E-state index in [2.05, 4.69) is 15.5 Å². The number of rotatable bonds is 7. The standard InChI is InChI=1S/C23H18ClFN4O2S/c1-31-18-10-7-15(8-11-18)22-27-28-23(29(22)17-5-3-2-4-6-17)32-14-21(30)26-20-12-9-16(24)13-19(20)25/h2-13H,14H2,1H3,(H,26,30). The zero-order chi connectivity index (χ0) is 22.5. The van der Waals surface area contributed by atoms with Crippen molar-refractivity contribution in [2.75, 3.05) is 18.2 Å². The fraction of sp³-hybridized carbons (Fsp3) is 0.0870. The van der Waals surface area contributed by atoms with E-state index >= 15 is 0 Å². The minimum atomic E-state index is -0.593. The highest BCUT2D eigenvalue weighted by Crippen LogP contribution is 2.29. The number of nitrogens with zero attached hydrogens (tertiary/aromatic N) is 3. The quantitative estimate of drug-likeness (QED) is 0.364. The molecule has 3 aromatic carbocycles. The SMILES string of the molecule is COc1ccc(-c2nnc(SCC(=O)Nc3ccc(Cl)cc3F)n2-c2ccccc2)cc1. The number of halogens is 2. The third-order valence-corrected chi connectivity index (χ3v) is 5.70. The van der Waals surface area contributed by atoms with E-state index in [-0.39, 0.29) is 22.4 Å². The minimum Gasteiger partial charge on any atom is -0.497 e. The van der Waals surface area contributed by atoms with Gasteiger partial charge in [-0.05, 0) is 54.6 Å². The number of hydrogen-bond donors (Lipinski definition) is 1. The minimum absolute atomic E-state index is 0.0235. The molecule has 9 heteroatoms. The molecule has 0 unspecified atom stereocenters. The van der Waals surface area contributed by atoms with Crippen LogP contribution in [0.25, 0.3) is 17.1 Å². The topological polar surface area (TPSA) is 69.0 Å². The largest absolute Gasteiger partial charge is 0.497 e. The second-order valence-corrected chi connectivity index (χ2v) is 8.05. The number of amides is 1. The molecular formula is C23H18ClFN4O2S. The summed E-state index contributed by atoms with van der Waals surface area (Å²) < 4.78 is 21.1. The molecule has 0 atom stereocenters.